The quantitative estimate of drug-likeness (QED) is 0.809. The average Bonchev–Trinajstić information content (AvgIpc) is 2.95. The van der Waals surface area contributed by atoms with Crippen LogP contribution in [0.1, 0.15) is 34.5 Å². The Morgan fingerprint density at radius 1 is 1.22 bits per heavy atom. The van der Waals surface area contributed by atoms with Gasteiger partial charge in [-0.3, -0.25) is 9.59 Å². The predicted molar refractivity (Wildman–Crippen MR) is 95.3 cm³/mol. The van der Waals surface area contributed by atoms with Gasteiger partial charge in [0.2, 0.25) is 5.56 Å². The third kappa shape index (κ3) is 5.78. The number of halogens is 3. The van der Waals surface area contributed by atoms with Gasteiger partial charge in [-0.05, 0) is 58.5 Å². The molecule has 0 aromatic carbocycles. The molecule has 0 bridgehead atoms. The van der Waals surface area contributed by atoms with Gasteiger partial charge in [-0.25, -0.2) is 4.68 Å². The average molecular weight is 384 g/mol. The fourth-order valence-electron chi connectivity index (χ4n) is 2.83. The highest BCUT2D eigenvalue weighted by Crippen LogP contribution is 2.33. The lowest BCUT2D eigenvalue weighted by molar-refractivity contribution is -0.184. The number of aldehydes is 1. The number of aryl methyl sites for hydroxylation is 2. The summed E-state index contributed by atoms with van der Waals surface area (Å²) in [5.74, 6) is -0.500. The van der Waals surface area contributed by atoms with Crippen LogP contribution in [0.2, 0.25) is 0 Å². The van der Waals surface area contributed by atoms with Crippen LogP contribution in [-0.2, 0) is 0 Å². The van der Waals surface area contributed by atoms with Gasteiger partial charge >= 0.3 is 6.18 Å². The van der Waals surface area contributed by atoms with Crippen molar-refractivity contribution in [2.75, 3.05) is 20.1 Å². The number of pyridine rings is 1. The number of H-pyrrole nitrogens is 1. The Morgan fingerprint density at radius 3 is 2.33 bits per heavy atom. The van der Waals surface area contributed by atoms with Crippen molar-refractivity contribution in [3.8, 4) is 5.82 Å². The number of carbonyl (C=O) groups excluding carboxylic acids is 1. The third-order valence-corrected chi connectivity index (χ3v) is 4.47. The van der Waals surface area contributed by atoms with E-state index in [1.165, 1.54) is 10.7 Å². The molecule has 0 amide bonds. The van der Waals surface area contributed by atoms with Crippen molar-refractivity contribution in [3.05, 3.63) is 45.5 Å². The zero-order valence-electron chi connectivity index (χ0n) is 15.5. The van der Waals surface area contributed by atoms with Crippen LogP contribution in [0.3, 0.4) is 0 Å². The molecular formula is C18H23F3N4O2. The Morgan fingerprint density at radius 2 is 1.85 bits per heavy atom. The van der Waals surface area contributed by atoms with Crippen molar-refractivity contribution < 1.29 is 18.0 Å². The highest BCUT2D eigenvalue weighted by molar-refractivity contribution is 5.75. The largest absolute Gasteiger partial charge is 0.391 e. The first kappa shape index (κ1) is 20.9. The highest BCUT2D eigenvalue weighted by atomic mass is 19.4. The molecule has 1 N–H and O–H groups in total. The summed E-state index contributed by atoms with van der Waals surface area (Å²) in [6.07, 6.45) is -1.11. The van der Waals surface area contributed by atoms with Crippen molar-refractivity contribution >= 4 is 6.29 Å². The van der Waals surface area contributed by atoms with Gasteiger partial charge in [0, 0.05) is 12.3 Å². The number of hydrogen-bond acceptors (Lipinski definition) is 4. The molecular weight excluding hydrogens is 361 g/mol. The molecule has 2 aromatic rings. The predicted octanol–water partition coefficient (Wildman–Crippen LogP) is 2.88. The first-order valence-corrected chi connectivity index (χ1v) is 8.58. The fourth-order valence-corrected chi connectivity index (χ4v) is 2.83. The Hall–Kier alpha value is -2.42. The van der Waals surface area contributed by atoms with Crippen LogP contribution >= 0.6 is 0 Å². The number of hydrogen-bond donors (Lipinski definition) is 1. The van der Waals surface area contributed by atoms with Crippen LogP contribution in [0.4, 0.5) is 13.2 Å². The fraction of sp³-hybridized carbons (Fsp3) is 0.500. The van der Waals surface area contributed by atoms with Crippen LogP contribution in [0.25, 0.3) is 5.82 Å². The normalized spacial score (nSPS) is 15.9. The second-order valence-electron chi connectivity index (χ2n) is 6.76. The summed E-state index contributed by atoms with van der Waals surface area (Å²) in [5.41, 5.74) is 1.81. The number of nitrogens with one attached hydrogen (secondary N) is 1. The molecule has 9 heteroatoms. The maximum absolute atomic E-state index is 12.0. The van der Waals surface area contributed by atoms with Gasteiger partial charge in [-0.15, -0.1) is 0 Å². The second kappa shape index (κ2) is 8.51. The van der Waals surface area contributed by atoms with Crippen molar-refractivity contribution in [1.29, 1.82) is 0 Å². The second-order valence-corrected chi connectivity index (χ2v) is 6.76. The molecule has 0 aliphatic carbocycles. The summed E-state index contributed by atoms with van der Waals surface area (Å²) >= 11 is 0. The van der Waals surface area contributed by atoms with Gasteiger partial charge in [0.15, 0.2) is 6.29 Å². The van der Waals surface area contributed by atoms with Gasteiger partial charge in [0.1, 0.15) is 5.82 Å². The first-order chi connectivity index (χ1) is 12.6. The number of nitrogens with zero attached hydrogens (tertiary/aromatic N) is 3. The smallest absolute Gasteiger partial charge is 0.307 e. The van der Waals surface area contributed by atoms with E-state index in [4.69, 9.17) is 0 Å². The van der Waals surface area contributed by atoms with E-state index >= 15 is 0 Å². The zero-order chi connectivity index (χ0) is 20.2. The van der Waals surface area contributed by atoms with Crippen LogP contribution in [-0.4, -0.2) is 52.3 Å². The molecule has 1 aliphatic rings. The summed E-state index contributed by atoms with van der Waals surface area (Å²) in [4.78, 5) is 26.6. The molecule has 6 nitrogen and oxygen atoms in total. The van der Waals surface area contributed by atoms with Crippen LogP contribution in [0, 0.1) is 19.8 Å². The van der Waals surface area contributed by atoms with Crippen molar-refractivity contribution in [2.24, 2.45) is 5.92 Å². The zero-order valence-corrected chi connectivity index (χ0v) is 15.5. The minimum Gasteiger partial charge on any atom is -0.307 e. The number of carbonyl (C=O) groups is 1. The van der Waals surface area contributed by atoms with E-state index < -0.39 is 12.1 Å². The molecule has 3 heterocycles. The standard InChI is InChI=1S/C11H11N3O2.C7H12F3N/c1-7-3-10(12-11(16)4-7)14-5-9(6-15)8(2)13-14;1-11-4-2-6(3-5-11)7(8,9)10/h3-6H,1-2H3,(H,12,16);6H,2-5H2,1H3. The molecule has 1 aliphatic heterocycles. The minimum atomic E-state index is -3.97. The van der Waals surface area contributed by atoms with Crippen molar-refractivity contribution in [3.63, 3.8) is 0 Å². The Bertz CT molecular complexity index is 834. The van der Waals surface area contributed by atoms with Gasteiger partial charge in [0.25, 0.3) is 0 Å². The van der Waals surface area contributed by atoms with E-state index in [-0.39, 0.29) is 18.4 Å². The molecule has 1 fully saturated rings. The van der Waals surface area contributed by atoms with E-state index in [9.17, 15) is 22.8 Å². The van der Waals surface area contributed by atoms with E-state index in [0.717, 1.165) is 11.8 Å². The molecule has 0 radical (unpaired) electrons. The SMILES string of the molecule is CN1CCC(C(F)(F)F)CC1.Cc1cc(-n2cc(C=O)c(C)n2)[nH]c(=O)c1. The van der Waals surface area contributed by atoms with E-state index in [0.29, 0.717) is 30.2 Å². The summed E-state index contributed by atoms with van der Waals surface area (Å²) in [7, 11) is 1.85. The lowest BCUT2D eigenvalue weighted by atomic mass is 9.97. The molecule has 1 saturated heterocycles. The molecule has 0 spiro atoms. The number of alkyl halides is 3. The van der Waals surface area contributed by atoms with Crippen LogP contribution in [0.5, 0.6) is 0 Å². The number of piperidine rings is 1. The number of likely N-dealkylation sites (tertiary alicyclic amines) is 1. The maximum Gasteiger partial charge on any atom is 0.391 e. The highest BCUT2D eigenvalue weighted by Gasteiger charge is 2.40. The van der Waals surface area contributed by atoms with Gasteiger partial charge < -0.3 is 9.88 Å². The number of rotatable bonds is 2. The van der Waals surface area contributed by atoms with E-state index in [1.807, 2.05) is 18.9 Å². The lowest BCUT2D eigenvalue weighted by Gasteiger charge is -2.30. The minimum absolute atomic E-state index is 0.184. The topological polar surface area (TPSA) is 71.0 Å². The van der Waals surface area contributed by atoms with Crippen molar-refractivity contribution in [2.45, 2.75) is 32.9 Å². The Labute approximate surface area is 155 Å². The number of aromatic amines is 1. The van der Waals surface area contributed by atoms with Gasteiger partial charge in [-0.1, -0.05) is 0 Å². The molecule has 0 saturated carbocycles. The van der Waals surface area contributed by atoms with E-state index in [2.05, 4.69) is 10.1 Å². The summed E-state index contributed by atoms with van der Waals surface area (Å²) in [6.45, 7) is 4.72. The summed E-state index contributed by atoms with van der Waals surface area (Å²) in [6, 6.07) is 3.29. The number of aromatic nitrogens is 3. The van der Waals surface area contributed by atoms with Crippen LogP contribution < -0.4 is 5.56 Å². The third-order valence-electron chi connectivity index (χ3n) is 4.47. The van der Waals surface area contributed by atoms with Gasteiger partial charge in [-0.2, -0.15) is 18.3 Å². The molecule has 3 rings (SSSR count). The molecule has 148 valence electrons. The molecule has 27 heavy (non-hydrogen) atoms. The van der Waals surface area contributed by atoms with Crippen molar-refractivity contribution in [1.82, 2.24) is 19.7 Å². The van der Waals surface area contributed by atoms with Gasteiger partial charge in [0.05, 0.1) is 17.2 Å². The van der Waals surface area contributed by atoms with E-state index in [1.54, 1.807) is 19.2 Å². The molecule has 0 atom stereocenters. The first-order valence-electron chi connectivity index (χ1n) is 8.58. The molecule has 0 unspecified atom stereocenters. The Balaban J connectivity index is 0.000000208. The summed E-state index contributed by atoms with van der Waals surface area (Å²) in [5, 5.41) is 4.15. The lowest BCUT2D eigenvalue weighted by Crippen LogP contribution is -2.36. The Kier molecular flexibility index (Phi) is 6.59. The van der Waals surface area contributed by atoms with Crippen LogP contribution in [0.15, 0.2) is 23.1 Å². The monoisotopic (exact) mass is 384 g/mol. The molecule has 2 aromatic heterocycles. The summed E-state index contributed by atoms with van der Waals surface area (Å²) < 4.78 is 37.6. The maximum atomic E-state index is 12.0.